The highest BCUT2D eigenvalue weighted by Crippen LogP contribution is 2.60. The maximum Gasteiger partial charge on any atom is 0.339 e. The van der Waals surface area contributed by atoms with Gasteiger partial charge in [0.05, 0.1) is 5.41 Å². The Labute approximate surface area is 291 Å². The van der Waals surface area contributed by atoms with Crippen LogP contribution in [0.15, 0.2) is 131 Å². The van der Waals surface area contributed by atoms with Crippen molar-refractivity contribution in [1.82, 2.24) is 0 Å². The van der Waals surface area contributed by atoms with Crippen molar-refractivity contribution in [3.63, 3.8) is 0 Å². The first kappa shape index (κ1) is 34.0. The smallest absolute Gasteiger partial charge is 0.339 e. The van der Waals surface area contributed by atoms with Crippen LogP contribution in [0.3, 0.4) is 0 Å². The molecule has 6 aromatic rings. The van der Waals surface area contributed by atoms with Gasteiger partial charge in [-0.1, -0.05) is 83.9 Å². The fourth-order valence-corrected chi connectivity index (χ4v) is 8.44. The summed E-state index contributed by atoms with van der Waals surface area (Å²) in [5.41, 5.74) is -0.595. The molecule has 0 radical (unpaired) electrons. The molecular weight excluding hydrogens is 705 g/mol. The number of rotatable bonds is 8. The van der Waals surface area contributed by atoms with Gasteiger partial charge in [0.25, 0.3) is 0 Å². The van der Waals surface area contributed by atoms with Crippen molar-refractivity contribution < 1.29 is 42.8 Å². The lowest BCUT2D eigenvalue weighted by Gasteiger charge is -2.35. The third-order valence-corrected chi connectivity index (χ3v) is 11.3. The standard InChI is InChI=1S/C39H26F4O6S2/c1-23-11-15-27(16-12-23)50(44,45)48-37-33(19-25(40)21-35(37)42)39(31-9-5-3-7-29(31)30-8-4-6-10-32(30)39)34-20-26(41)22-36(43)38(34)49-51(46,47)28-17-13-24(2)14-18-28/h3-22H,1-2H3. The Balaban J connectivity index is 1.59. The second-order valence-corrected chi connectivity index (χ2v) is 15.2. The van der Waals surface area contributed by atoms with Crippen molar-refractivity contribution in [1.29, 1.82) is 0 Å². The normalized spacial score (nSPS) is 13.4. The van der Waals surface area contributed by atoms with Gasteiger partial charge >= 0.3 is 20.2 Å². The van der Waals surface area contributed by atoms with Gasteiger partial charge in [0.2, 0.25) is 0 Å². The van der Waals surface area contributed by atoms with Crippen LogP contribution >= 0.6 is 0 Å². The molecule has 0 fully saturated rings. The van der Waals surface area contributed by atoms with Gasteiger partial charge in [-0.25, -0.2) is 17.6 Å². The summed E-state index contributed by atoms with van der Waals surface area (Å²) in [4.78, 5) is -0.705. The molecule has 51 heavy (non-hydrogen) atoms. The molecule has 7 rings (SSSR count). The lowest BCUT2D eigenvalue weighted by Crippen LogP contribution is -2.32. The highest BCUT2D eigenvalue weighted by Gasteiger charge is 2.51. The molecule has 0 N–H and O–H groups in total. The minimum atomic E-state index is -4.81. The average molecular weight is 731 g/mol. The molecule has 0 saturated heterocycles. The minimum Gasteiger partial charge on any atom is -0.375 e. The van der Waals surface area contributed by atoms with Gasteiger partial charge < -0.3 is 8.37 Å². The van der Waals surface area contributed by atoms with E-state index < -0.39 is 71.5 Å². The van der Waals surface area contributed by atoms with E-state index in [1.807, 2.05) is 0 Å². The van der Waals surface area contributed by atoms with E-state index in [1.54, 1.807) is 50.2 Å². The molecule has 6 aromatic carbocycles. The Kier molecular flexibility index (Phi) is 8.26. The SMILES string of the molecule is Cc1ccc(S(=O)(=O)Oc2c(F)cc(F)cc2C2(c3cc(F)cc(F)c3OS(=O)(=O)c3ccc(C)cc3)c3ccccc3-c3ccccc32)cc1. The summed E-state index contributed by atoms with van der Waals surface area (Å²) in [5, 5.41) is 0. The number of hydrogen-bond acceptors (Lipinski definition) is 6. The van der Waals surface area contributed by atoms with Crippen molar-refractivity contribution in [2.45, 2.75) is 29.1 Å². The Morgan fingerprint density at radius 3 is 1.20 bits per heavy atom. The van der Waals surface area contributed by atoms with Crippen LogP contribution in [0.5, 0.6) is 11.5 Å². The first-order chi connectivity index (χ1) is 24.2. The van der Waals surface area contributed by atoms with Crippen LogP contribution in [-0.4, -0.2) is 16.8 Å². The maximum absolute atomic E-state index is 16.2. The van der Waals surface area contributed by atoms with Crippen LogP contribution < -0.4 is 8.37 Å². The van der Waals surface area contributed by atoms with Crippen molar-refractivity contribution in [3.8, 4) is 22.6 Å². The molecular formula is C39H26F4O6S2. The van der Waals surface area contributed by atoms with Gasteiger partial charge in [0.1, 0.15) is 21.4 Å². The molecule has 0 saturated carbocycles. The van der Waals surface area contributed by atoms with E-state index in [-0.39, 0.29) is 20.9 Å². The van der Waals surface area contributed by atoms with E-state index in [0.29, 0.717) is 23.3 Å². The maximum atomic E-state index is 16.2. The first-order valence-corrected chi connectivity index (χ1v) is 18.2. The second kappa shape index (κ2) is 12.4. The van der Waals surface area contributed by atoms with Crippen molar-refractivity contribution in [2.75, 3.05) is 0 Å². The highest BCUT2D eigenvalue weighted by atomic mass is 32.2. The van der Waals surface area contributed by atoms with Crippen molar-refractivity contribution >= 4 is 20.2 Å². The van der Waals surface area contributed by atoms with Gasteiger partial charge in [-0.15, -0.1) is 0 Å². The molecule has 0 amide bonds. The van der Waals surface area contributed by atoms with E-state index in [2.05, 4.69) is 0 Å². The zero-order valence-electron chi connectivity index (χ0n) is 26.8. The molecule has 0 bridgehead atoms. The van der Waals surface area contributed by atoms with Gasteiger partial charge in [-0.2, -0.15) is 16.8 Å². The number of halogens is 4. The Bertz CT molecular complexity index is 2390. The summed E-state index contributed by atoms with van der Waals surface area (Å²) in [7, 11) is -9.63. The molecule has 0 atom stereocenters. The van der Waals surface area contributed by atoms with E-state index in [1.165, 1.54) is 60.7 Å². The molecule has 0 aliphatic heterocycles. The van der Waals surface area contributed by atoms with E-state index in [4.69, 9.17) is 8.37 Å². The number of fused-ring (bicyclic) bond motifs is 3. The van der Waals surface area contributed by atoms with Crippen LogP contribution in [0.1, 0.15) is 33.4 Å². The summed E-state index contributed by atoms with van der Waals surface area (Å²) in [6, 6.07) is 26.2. The topological polar surface area (TPSA) is 86.7 Å². The molecule has 12 heteroatoms. The highest BCUT2D eigenvalue weighted by molar-refractivity contribution is 7.87. The molecule has 258 valence electrons. The molecule has 0 unspecified atom stereocenters. The van der Waals surface area contributed by atoms with Gasteiger partial charge in [0, 0.05) is 23.3 Å². The predicted molar refractivity (Wildman–Crippen MR) is 182 cm³/mol. The van der Waals surface area contributed by atoms with Crippen LogP contribution in [0.25, 0.3) is 11.1 Å². The lowest BCUT2D eigenvalue weighted by molar-refractivity contribution is 0.439. The third kappa shape index (κ3) is 5.74. The van der Waals surface area contributed by atoms with Crippen molar-refractivity contribution in [3.05, 3.63) is 178 Å². The van der Waals surface area contributed by atoms with Gasteiger partial charge in [0.15, 0.2) is 23.1 Å². The van der Waals surface area contributed by atoms with E-state index >= 15 is 17.6 Å². The van der Waals surface area contributed by atoms with Crippen LogP contribution in [0.2, 0.25) is 0 Å². The monoisotopic (exact) mass is 730 g/mol. The fraction of sp³-hybridized carbons (Fsp3) is 0.0769. The van der Waals surface area contributed by atoms with E-state index in [9.17, 15) is 16.8 Å². The lowest BCUT2D eigenvalue weighted by atomic mass is 9.67. The molecule has 1 aliphatic rings. The van der Waals surface area contributed by atoms with E-state index in [0.717, 1.165) is 23.3 Å². The summed E-state index contributed by atoms with van der Waals surface area (Å²) in [5.74, 6) is -7.24. The quantitative estimate of drug-likeness (QED) is 0.115. The van der Waals surface area contributed by atoms with Crippen molar-refractivity contribution in [2.24, 2.45) is 0 Å². The summed E-state index contributed by atoms with van der Waals surface area (Å²) in [6.07, 6.45) is 0. The summed E-state index contributed by atoms with van der Waals surface area (Å²) >= 11 is 0. The minimum absolute atomic E-state index is 0.177. The molecule has 1 aliphatic carbocycles. The van der Waals surface area contributed by atoms with Gasteiger partial charge in [-0.05, 0) is 72.5 Å². The Hall–Kier alpha value is -5.46. The first-order valence-electron chi connectivity index (χ1n) is 15.4. The largest absolute Gasteiger partial charge is 0.375 e. The molecule has 0 aromatic heterocycles. The summed E-state index contributed by atoms with van der Waals surface area (Å²) < 4.78 is 129. The van der Waals surface area contributed by atoms with Gasteiger partial charge in [-0.3, -0.25) is 0 Å². The summed E-state index contributed by atoms with van der Waals surface area (Å²) in [6.45, 7) is 3.45. The fourth-order valence-electron chi connectivity index (χ4n) is 6.53. The zero-order chi connectivity index (χ0) is 36.3. The predicted octanol–water partition coefficient (Wildman–Crippen LogP) is 8.76. The Morgan fingerprint density at radius 2 is 0.824 bits per heavy atom. The van der Waals surface area contributed by atoms with Crippen LogP contribution in [0.4, 0.5) is 17.6 Å². The number of hydrogen-bond donors (Lipinski definition) is 0. The van der Waals surface area contributed by atoms with Crippen LogP contribution in [0, 0.1) is 37.1 Å². The Morgan fingerprint density at radius 1 is 0.471 bits per heavy atom. The molecule has 6 nitrogen and oxygen atoms in total. The second-order valence-electron chi connectivity index (χ2n) is 12.1. The zero-order valence-corrected chi connectivity index (χ0v) is 28.5. The van der Waals surface area contributed by atoms with Crippen LogP contribution in [-0.2, 0) is 25.7 Å². The number of aryl methyl sites for hydroxylation is 2. The third-order valence-electron chi connectivity index (χ3n) is 8.78. The number of benzene rings is 6. The molecule has 0 spiro atoms. The molecule has 0 heterocycles. The average Bonchev–Trinajstić information content (AvgIpc) is 3.38.